The number of fused-ring (bicyclic) bond motifs is 6. The van der Waals surface area contributed by atoms with Gasteiger partial charge in [0.05, 0.1) is 32.6 Å². The normalized spacial score (nSPS) is 11.7. The fraction of sp³-hybridized carbons (Fsp3) is 0.0426. The number of pyridine rings is 1. The summed E-state index contributed by atoms with van der Waals surface area (Å²) in [6.45, 7) is 4.35. The molecule has 0 saturated carbocycles. The summed E-state index contributed by atoms with van der Waals surface area (Å²) >= 11 is 1.75. The Morgan fingerprint density at radius 3 is 1.73 bits per heavy atom. The van der Waals surface area contributed by atoms with Crippen LogP contribution in [0, 0.1) is 13.8 Å². The van der Waals surface area contributed by atoms with Crippen molar-refractivity contribution in [2.75, 3.05) is 0 Å². The predicted octanol–water partition coefficient (Wildman–Crippen LogP) is 12.6. The monoisotopic (exact) mass is 684 g/mol. The summed E-state index contributed by atoms with van der Waals surface area (Å²) in [5.74, 6) is 0.617. The van der Waals surface area contributed by atoms with E-state index >= 15 is 0 Å². The molecule has 0 bridgehead atoms. The number of aryl methyl sites for hydroxylation is 2. The molecule has 10 rings (SSSR count). The molecule has 0 aliphatic rings. The molecule has 0 amide bonds. The van der Waals surface area contributed by atoms with Crippen molar-refractivity contribution in [2.45, 2.75) is 13.8 Å². The average Bonchev–Trinajstić information content (AvgIpc) is 3.73. The van der Waals surface area contributed by atoms with Crippen molar-refractivity contribution in [3.05, 3.63) is 169 Å². The molecule has 0 radical (unpaired) electrons. The molecule has 0 N–H and O–H groups in total. The van der Waals surface area contributed by atoms with Crippen LogP contribution < -0.4 is 0 Å². The maximum atomic E-state index is 5.35. The summed E-state index contributed by atoms with van der Waals surface area (Å²) in [5.41, 5.74) is 14.2. The van der Waals surface area contributed by atoms with Crippen LogP contribution in [0.4, 0.5) is 0 Å². The highest BCUT2D eigenvalue weighted by molar-refractivity contribution is 7.26. The molecule has 0 atom stereocenters. The first-order valence-electron chi connectivity index (χ1n) is 17.5. The van der Waals surface area contributed by atoms with E-state index in [0.29, 0.717) is 5.82 Å². The van der Waals surface area contributed by atoms with Gasteiger partial charge in [0.1, 0.15) is 5.69 Å². The zero-order valence-electron chi connectivity index (χ0n) is 28.7. The van der Waals surface area contributed by atoms with E-state index in [2.05, 4.69) is 157 Å². The van der Waals surface area contributed by atoms with E-state index in [1.54, 1.807) is 17.5 Å². The number of hydrogen-bond donors (Lipinski definition) is 0. The lowest BCUT2D eigenvalue weighted by atomic mass is 9.91. The Kier molecular flexibility index (Phi) is 7.08. The third-order valence-electron chi connectivity index (χ3n) is 9.97. The fourth-order valence-electron chi connectivity index (χ4n) is 7.58. The van der Waals surface area contributed by atoms with Crippen LogP contribution in [0.25, 0.3) is 92.8 Å². The lowest BCUT2D eigenvalue weighted by molar-refractivity contribution is 1.17. The van der Waals surface area contributed by atoms with Crippen LogP contribution in [-0.2, 0) is 0 Å². The molecule has 0 unspecified atom stereocenters. The molecule has 246 valence electrons. The van der Waals surface area contributed by atoms with Gasteiger partial charge in [-0.05, 0) is 79.6 Å². The van der Waals surface area contributed by atoms with E-state index in [4.69, 9.17) is 9.97 Å². The van der Waals surface area contributed by atoms with Crippen molar-refractivity contribution in [1.29, 1.82) is 0 Å². The Morgan fingerprint density at radius 2 is 1.12 bits per heavy atom. The third-order valence-corrected chi connectivity index (χ3v) is 11.1. The second-order valence-electron chi connectivity index (χ2n) is 13.4. The maximum absolute atomic E-state index is 5.35. The molecular formula is C47H32N4S. The molecule has 5 heteroatoms. The Bertz CT molecular complexity index is 2840. The van der Waals surface area contributed by atoms with Crippen molar-refractivity contribution in [1.82, 2.24) is 19.5 Å². The number of aromatic nitrogens is 4. The largest absolute Gasteiger partial charge is 0.308 e. The van der Waals surface area contributed by atoms with E-state index in [1.165, 1.54) is 37.6 Å². The topological polar surface area (TPSA) is 43.6 Å². The lowest BCUT2D eigenvalue weighted by Crippen LogP contribution is -2.02. The summed E-state index contributed by atoms with van der Waals surface area (Å²) in [4.78, 5) is 15.2. The first-order chi connectivity index (χ1) is 25.6. The summed E-state index contributed by atoms with van der Waals surface area (Å²) in [6.07, 6.45) is 1.80. The molecule has 4 heterocycles. The number of hydrogen-bond acceptors (Lipinski definition) is 4. The lowest BCUT2D eigenvalue weighted by Gasteiger charge is -2.21. The van der Waals surface area contributed by atoms with Crippen LogP contribution >= 0.6 is 11.3 Å². The van der Waals surface area contributed by atoms with Gasteiger partial charge in [-0.2, -0.15) is 0 Å². The minimum absolute atomic E-state index is 0.617. The van der Waals surface area contributed by atoms with E-state index in [-0.39, 0.29) is 0 Å². The zero-order chi connectivity index (χ0) is 34.8. The van der Waals surface area contributed by atoms with Gasteiger partial charge < -0.3 is 4.57 Å². The molecule has 0 saturated heterocycles. The quantitative estimate of drug-likeness (QED) is 0.181. The highest BCUT2D eigenvalue weighted by Gasteiger charge is 2.24. The summed E-state index contributed by atoms with van der Waals surface area (Å²) < 4.78 is 4.73. The van der Waals surface area contributed by atoms with Crippen LogP contribution in [0.1, 0.15) is 11.1 Å². The van der Waals surface area contributed by atoms with Crippen LogP contribution in [0.15, 0.2) is 158 Å². The fourth-order valence-corrected chi connectivity index (χ4v) is 8.73. The van der Waals surface area contributed by atoms with Gasteiger partial charge >= 0.3 is 0 Å². The Labute approximate surface area is 305 Å². The molecule has 0 spiro atoms. The zero-order valence-corrected chi connectivity index (χ0v) is 29.5. The van der Waals surface area contributed by atoms with Crippen LogP contribution in [-0.4, -0.2) is 19.5 Å². The molecule has 52 heavy (non-hydrogen) atoms. The minimum atomic E-state index is 0.617. The molecule has 0 aliphatic heterocycles. The van der Waals surface area contributed by atoms with E-state index in [0.717, 1.165) is 60.5 Å². The van der Waals surface area contributed by atoms with Crippen molar-refractivity contribution in [2.24, 2.45) is 0 Å². The number of benzene rings is 6. The van der Waals surface area contributed by atoms with Gasteiger partial charge in [-0.15, -0.1) is 11.3 Å². The third kappa shape index (κ3) is 4.93. The molecule has 4 nitrogen and oxygen atoms in total. The number of nitrogens with zero attached hydrogens (tertiary/aromatic N) is 4. The minimum Gasteiger partial charge on any atom is -0.308 e. The van der Waals surface area contributed by atoms with Gasteiger partial charge in [0.25, 0.3) is 0 Å². The second kappa shape index (κ2) is 12.1. The molecule has 0 fully saturated rings. The van der Waals surface area contributed by atoms with Gasteiger partial charge in [0, 0.05) is 43.7 Å². The first-order valence-corrected chi connectivity index (χ1v) is 18.3. The SMILES string of the molecule is Cc1ccc2c(c1)c1cc(C)ccc1n2-c1c(-c2ccccc2)cc(-c2nc(-c3ccccn3)nc3c2sc2ccccc23)cc1-c1ccccc1. The maximum Gasteiger partial charge on any atom is 0.179 e. The van der Waals surface area contributed by atoms with Gasteiger partial charge in [0.2, 0.25) is 0 Å². The van der Waals surface area contributed by atoms with E-state index in [1.807, 2.05) is 18.2 Å². The highest BCUT2D eigenvalue weighted by Crippen LogP contribution is 2.46. The predicted molar refractivity (Wildman–Crippen MR) is 218 cm³/mol. The van der Waals surface area contributed by atoms with Gasteiger partial charge in [-0.3, -0.25) is 4.98 Å². The van der Waals surface area contributed by atoms with Crippen LogP contribution in [0.3, 0.4) is 0 Å². The van der Waals surface area contributed by atoms with E-state index < -0.39 is 0 Å². The second-order valence-corrected chi connectivity index (χ2v) is 14.5. The van der Waals surface area contributed by atoms with Gasteiger partial charge in [-0.1, -0.05) is 108 Å². The molecular weight excluding hydrogens is 653 g/mol. The summed E-state index contributed by atoms with van der Waals surface area (Å²) in [7, 11) is 0. The molecule has 0 aliphatic carbocycles. The Balaban J connectivity index is 1.37. The molecule has 4 aromatic heterocycles. The molecule has 10 aromatic rings. The number of rotatable bonds is 5. The summed E-state index contributed by atoms with van der Waals surface area (Å²) in [5, 5.41) is 3.63. The Hall–Kier alpha value is -6.43. The van der Waals surface area contributed by atoms with E-state index in [9.17, 15) is 0 Å². The van der Waals surface area contributed by atoms with Crippen LogP contribution in [0.5, 0.6) is 0 Å². The Morgan fingerprint density at radius 1 is 0.519 bits per heavy atom. The standard InChI is InChI=1S/C47H32N4S/c1-29-20-22-40-37(25-29)38-26-30(2)21-23-41(38)51(40)45-35(31-13-5-3-6-14-31)27-33(28-36(45)32-15-7-4-8-16-32)43-46-44(34-17-9-10-19-42(34)52-46)50-47(49-43)39-18-11-12-24-48-39/h3-28H,1-2H3. The first kappa shape index (κ1) is 30.4. The number of thiophene rings is 1. The highest BCUT2D eigenvalue weighted by atomic mass is 32.1. The van der Waals surface area contributed by atoms with Gasteiger partial charge in [0.15, 0.2) is 5.82 Å². The smallest absolute Gasteiger partial charge is 0.179 e. The molecule has 6 aromatic carbocycles. The van der Waals surface area contributed by atoms with Crippen molar-refractivity contribution >= 4 is 53.4 Å². The van der Waals surface area contributed by atoms with Crippen molar-refractivity contribution < 1.29 is 0 Å². The van der Waals surface area contributed by atoms with Crippen molar-refractivity contribution in [3.63, 3.8) is 0 Å². The van der Waals surface area contributed by atoms with Crippen LogP contribution in [0.2, 0.25) is 0 Å². The van der Waals surface area contributed by atoms with Crippen molar-refractivity contribution in [3.8, 4) is 50.7 Å². The average molecular weight is 685 g/mol. The van der Waals surface area contributed by atoms with Gasteiger partial charge in [-0.25, -0.2) is 9.97 Å². The summed E-state index contributed by atoms with van der Waals surface area (Å²) in [6, 6.07) is 54.3.